The number of rotatable bonds is 13. The highest BCUT2D eigenvalue weighted by Crippen LogP contribution is 2.46. The number of benzene rings is 2. The zero-order valence-corrected chi connectivity index (χ0v) is 41.3. The minimum absolute atomic E-state index is 0.0503. The maximum absolute atomic E-state index is 13.2. The molecule has 0 amide bonds. The molecule has 332 valence electrons. The first-order chi connectivity index (χ1) is 31.3. The molecule has 8 rings (SSSR count). The first-order valence-electron chi connectivity index (χ1n) is 19.9. The van der Waals surface area contributed by atoms with Crippen molar-refractivity contribution in [3.05, 3.63) is 141 Å². The molecule has 0 fully saturated rings. The van der Waals surface area contributed by atoms with Crippen LogP contribution in [-0.4, -0.2) is 61.8 Å². The molecule has 0 spiro atoms. The second-order valence-corrected chi connectivity index (χ2v) is 20.0. The largest absolute Gasteiger partial charge is 0.328 e. The van der Waals surface area contributed by atoms with Crippen molar-refractivity contribution in [2.45, 2.75) is 20.3 Å². The van der Waals surface area contributed by atoms with E-state index in [4.69, 9.17) is 25.0 Å². The lowest BCUT2D eigenvalue weighted by molar-refractivity contribution is 0.335. The Kier molecular flexibility index (Phi) is 16.7. The molecule has 0 aliphatic heterocycles. The Hall–Kier alpha value is -5.85. The van der Waals surface area contributed by atoms with Gasteiger partial charge in [-0.1, -0.05) is 13.5 Å². The molecule has 2 aromatic carbocycles. The van der Waals surface area contributed by atoms with Gasteiger partial charge in [0.2, 0.25) is 7.37 Å². The van der Waals surface area contributed by atoms with Crippen LogP contribution >= 0.6 is 61.9 Å². The minimum atomic E-state index is -2.58. The van der Waals surface area contributed by atoms with Gasteiger partial charge >= 0.3 is 0 Å². The fourth-order valence-electron chi connectivity index (χ4n) is 6.48. The third-order valence-corrected chi connectivity index (χ3v) is 14.6. The number of fused-ring (bicyclic) bond motifs is 2. The number of nitrogens with zero attached hydrogens (tertiary/aromatic N) is 10. The molecule has 0 N–H and O–H groups in total. The van der Waals surface area contributed by atoms with Gasteiger partial charge in [-0.05, 0) is 130 Å². The molecule has 19 heteroatoms. The third-order valence-electron chi connectivity index (χ3n) is 9.39. The van der Waals surface area contributed by atoms with Crippen LogP contribution in [0, 0.1) is 34.3 Å². The van der Waals surface area contributed by atoms with Crippen LogP contribution in [0.15, 0.2) is 118 Å². The Labute approximate surface area is 400 Å². The number of pyridine rings is 2. The summed E-state index contributed by atoms with van der Waals surface area (Å²) in [6.45, 7) is 8.03. The van der Waals surface area contributed by atoms with Crippen molar-refractivity contribution >= 4 is 107 Å². The Balaban J connectivity index is 0.000000177. The van der Waals surface area contributed by atoms with Crippen molar-refractivity contribution in [1.29, 1.82) is 10.5 Å². The van der Waals surface area contributed by atoms with Gasteiger partial charge in [-0.2, -0.15) is 10.5 Å². The van der Waals surface area contributed by atoms with Crippen LogP contribution in [0.4, 0.5) is 30.7 Å². The number of hydrogen-bond donors (Lipinski definition) is 0. The van der Waals surface area contributed by atoms with Crippen LogP contribution < -0.4 is 9.80 Å². The van der Waals surface area contributed by atoms with Crippen molar-refractivity contribution < 1.29 is 17.9 Å². The van der Waals surface area contributed by atoms with E-state index in [-0.39, 0.29) is 17.8 Å². The quantitative estimate of drug-likeness (QED) is 0.0809. The summed E-state index contributed by atoms with van der Waals surface area (Å²) >= 11 is 10.0. The highest BCUT2D eigenvalue weighted by molar-refractivity contribution is 9.10. The normalized spacial score (nSPS) is 11.8. The Morgan fingerprint density at radius 3 is 1.68 bits per heavy atom. The molecule has 0 aliphatic carbocycles. The number of allylic oxidation sites excluding steroid dienone is 1. The molecule has 12 nitrogen and oxygen atoms in total. The molecule has 0 saturated heterocycles. The lowest BCUT2D eigenvalue weighted by Crippen LogP contribution is -2.12. The second kappa shape index (κ2) is 22.4. The topological polar surface area (TPSA) is 141 Å². The zero-order chi connectivity index (χ0) is 46.7. The molecule has 6 heterocycles. The van der Waals surface area contributed by atoms with Gasteiger partial charge in [0.25, 0.3) is 0 Å². The van der Waals surface area contributed by atoms with Crippen molar-refractivity contribution in [3.63, 3.8) is 0 Å². The highest BCUT2D eigenvalue weighted by Gasteiger charge is 2.22. The van der Waals surface area contributed by atoms with Crippen molar-refractivity contribution in [2.24, 2.45) is 0 Å². The average molecular weight is 1060 g/mol. The van der Waals surface area contributed by atoms with Gasteiger partial charge in [0.15, 0.2) is 10.3 Å². The van der Waals surface area contributed by atoms with Crippen LogP contribution in [0.25, 0.3) is 46.0 Å². The number of thiazole rings is 2. The van der Waals surface area contributed by atoms with Gasteiger partial charge in [-0.3, -0.25) is 13.4 Å². The molecule has 0 bridgehead atoms. The molecule has 65 heavy (non-hydrogen) atoms. The average Bonchev–Trinajstić information content (AvgIpc) is 4.12. The summed E-state index contributed by atoms with van der Waals surface area (Å²) in [6.07, 6.45) is 10.1. The molecule has 0 radical (unpaired) electrons. The van der Waals surface area contributed by atoms with Crippen molar-refractivity contribution in [3.8, 4) is 34.7 Å². The van der Waals surface area contributed by atoms with Crippen LogP contribution in [0.5, 0.6) is 0 Å². The van der Waals surface area contributed by atoms with Gasteiger partial charge in [0.1, 0.15) is 52.1 Å². The third kappa shape index (κ3) is 11.9. The number of nitriles is 2. The van der Waals surface area contributed by atoms with Crippen molar-refractivity contribution in [1.82, 2.24) is 28.7 Å². The van der Waals surface area contributed by atoms with E-state index in [1.165, 1.54) is 53.0 Å². The van der Waals surface area contributed by atoms with E-state index in [2.05, 4.69) is 48.4 Å². The van der Waals surface area contributed by atoms with E-state index < -0.39 is 7.37 Å². The standard InChI is InChI=1S/C20H13BrFN5S.C19H14BrFN4S.C7H14NO2P/c1-26(20-25-17(12-28-20)13-4-7-15(22)8-5-13)19-16(3-2-10-23)24-18-9-6-14(21)11-27(18)19;1-3-15-18(25-10-13(20)6-9-17(25)22-15)24(2)19-23-16(11-26-19)12-4-7-14(21)8-5-12;1-3-6-11(9,7-5-8)10-4-2/h2-9,11-12H,1H3;3-11H,1H2,2H3;3-4,6-7H2,1-2H3/b3-2+;;. The van der Waals surface area contributed by atoms with Gasteiger partial charge in [0, 0.05) is 69.6 Å². The van der Waals surface area contributed by atoms with E-state index in [1.807, 2.05) is 99.2 Å². The van der Waals surface area contributed by atoms with Crippen LogP contribution in [0.1, 0.15) is 31.7 Å². The van der Waals surface area contributed by atoms with Gasteiger partial charge < -0.3 is 14.3 Å². The van der Waals surface area contributed by atoms with Gasteiger partial charge in [0.05, 0.1) is 30.1 Å². The van der Waals surface area contributed by atoms with E-state index in [1.54, 1.807) is 43.3 Å². The summed E-state index contributed by atoms with van der Waals surface area (Å²) in [4.78, 5) is 22.5. The predicted octanol–water partition coefficient (Wildman–Crippen LogP) is 13.7. The van der Waals surface area contributed by atoms with Crippen LogP contribution in [0.3, 0.4) is 0 Å². The number of hydrogen-bond acceptors (Lipinski definition) is 12. The molecular weight excluding hydrogens is 1020 g/mol. The molecule has 1 unspecified atom stereocenters. The number of aromatic nitrogens is 6. The SMILES string of the molecule is C=Cc1nc2ccc(Br)cn2c1N(C)c1nc(-c2ccc(F)cc2)cs1.CCCP(=O)(CC#N)OCC.CN(c1nc(-c2ccc(F)cc2)cs1)c1c(/C=C/C#N)nc2ccc(Br)cn12. The molecule has 0 saturated carbocycles. The van der Waals surface area contributed by atoms with E-state index in [0.29, 0.717) is 18.5 Å². The zero-order valence-electron chi connectivity index (χ0n) is 35.6. The number of imidazole rings is 2. The Morgan fingerprint density at radius 2 is 1.25 bits per heavy atom. The summed E-state index contributed by atoms with van der Waals surface area (Å²) in [5.74, 6) is 1.15. The van der Waals surface area contributed by atoms with E-state index in [0.717, 1.165) is 76.8 Å². The minimum Gasteiger partial charge on any atom is -0.328 e. The number of halogens is 4. The molecule has 8 aromatic rings. The lowest BCUT2D eigenvalue weighted by Gasteiger charge is -2.16. The van der Waals surface area contributed by atoms with Gasteiger partial charge in [-0.25, -0.2) is 28.7 Å². The van der Waals surface area contributed by atoms with Crippen molar-refractivity contribution in [2.75, 3.05) is 42.8 Å². The Morgan fingerprint density at radius 1 is 0.769 bits per heavy atom. The lowest BCUT2D eigenvalue weighted by atomic mass is 10.2. The monoisotopic (exact) mass is 1060 g/mol. The summed E-state index contributed by atoms with van der Waals surface area (Å²) in [7, 11) is 1.27. The highest BCUT2D eigenvalue weighted by atomic mass is 79.9. The first kappa shape index (κ1) is 48.6. The predicted molar refractivity (Wildman–Crippen MR) is 267 cm³/mol. The maximum Gasteiger partial charge on any atom is 0.216 e. The van der Waals surface area contributed by atoms with Gasteiger partial charge in [-0.15, -0.1) is 22.7 Å². The fraction of sp³-hybridized carbons (Fsp3) is 0.174. The van der Waals surface area contributed by atoms with E-state index in [9.17, 15) is 13.3 Å². The fourth-order valence-corrected chi connectivity index (χ4v) is 10.5. The molecule has 0 aliphatic rings. The maximum atomic E-state index is 13.2. The summed E-state index contributed by atoms with van der Waals surface area (Å²) in [6, 6.07) is 24.2. The summed E-state index contributed by atoms with van der Waals surface area (Å²) < 4.78 is 48.7. The molecule has 1 atom stereocenters. The second-order valence-electron chi connectivity index (χ2n) is 13.9. The number of anilines is 4. The molecule has 6 aromatic heterocycles. The smallest absolute Gasteiger partial charge is 0.216 e. The first-order valence-corrected chi connectivity index (χ1v) is 25.2. The van der Waals surface area contributed by atoms with Crippen LogP contribution in [0.2, 0.25) is 0 Å². The van der Waals surface area contributed by atoms with E-state index >= 15 is 0 Å². The summed E-state index contributed by atoms with van der Waals surface area (Å²) in [5, 5.41) is 22.7. The summed E-state index contributed by atoms with van der Waals surface area (Å²) in [5.41, 5.74) is 6.36. The van der Waals surface area contributed by atoms with Crippen LogP contribution in [-0.2, 0) is 9.09 Å². The molecular formula is C46H41Br2F2N10O2PS2. The Bertz CT molecular complexity index is 3070.